The van der Waals surface area contributed by atoms with Crippen LogP contribution in [0.4, 0.5) is 0 Å². The van der Waals surface area contributed by atoms with Crippen LogP contribution in [0.15, 0.2) is 47.4 Å². The van der Waals surface area contributed by atoms with Gasteiger partial charge in [-0.1, -0.05) is 24.3 Å². The van der Waals surface area contributed by atoms with Crippen LogP contribution in [-0.4, -0.2) is 59.7 Å². The van der Waals surface area contributed by atoms with E-state index in [1.54, 1.807) is 0 Å². The van der Waals surface area contributed by atoms with Crippen molar-refractivity contribution in [1.29, 1.82) is 0 Å². The number of sulfonamides is 1. The van der Waals surface area contributed by atoms with Crippen molar-refractivity contribution >= 4 is 15.9 Å². The highest BCUT2D eigenvalue weighted by molar-refractivity contribution is 7.89. The first-order chi connectivity index (χ1) is 14.4. The van der Waals surface area contributed by atoms with E-state index in [9.17, 15) is 13.2 Å². The lowest BCUT2D eigenvalue weighted by Gasteiger charge is -2.26. The van der Waals surface area contributed by atoms with Gasteiger partial charge in [0.2, 0.25) is 10.0 Å². The number of hydrogen-bond donors (Lipinski definition) is 2. The van der Waals surface area contributed by atoms with E-state index in [0.29, 0.717) is 5.75 Å². The largest absolute Gasteiger partial charge is 0.496 e. The average molecular weight is 434 g/mol. The molecule has 2 N–H and O–H groups in total. The molecular weight excluding hydrogens is 406 g/mol. The maximum Gasteiger partial charge on any atom is 0.254 e. The Bertz CT molecular complexity index is 988. The van der Waals surface area contributed by atoms with Crippen LogP contribution in [0.3, 0.4) is 0 Å². The number of nitrogens with zero attached hydrogens (tertiary/aromatic N) is 1. The smallest absolute Gasteiger partial charge is 0.254 e. The van der Waals surface area contributed by atoms with Crippen molar-refractivity contribution in [3.63, 3.8) is 0 Å². The predicted molar refractivity (Wildman–Crippen MR) is 113 cm³/mol. The van der Waals surface area contributed by atoms with Gasteiger partial charge in [-0.2, -0.15) is 0 Å². The highest BCUT2D eigenvalue weighted by Gasteiger charge is 2.19. The fourth-order valence-corrected chi connectivity index (χ4v) is 4.33. The lowest BCUT2D eigenvalue weighted by atomic mass is 10.1. The Hall–Kier alpha value is -2.46. The van der Waals surface area contributed by atoms with E-state index in [-0.39, 0.29) is 17.0 Å². The molecule has 1 heterocycles. The summed E-state index contributed by atoms with van der Waals surface area (Å²) in [5.74, 6) is -0.108. The minimum absolute atomic E-state index is 0.00590. The Morgan fingerprint density at radius 2 is 1.87 bits per heavy atom. The van der Waals surface area contributed by atoms with Crippen LogP contribution < -0.4 is 14.8 Å². The van der Waals surface area contributed by atoms with Crippen molar-refractivity contribution in [2.75, 3.05) is 40.5 Å². The molecule has 1 fully saturated rings. The third-order valence-electron chi connectivity index (χ3n) is 4.92. The molecule has 1 aliphatic heterocycles. The van der Waals surface area contributed by atoms with Gasteiger partial charge in [-0.25, -0.2) is 13.1 Å². The summed E-state index contributed by atoms with van der Waals surface area (Å²) in [4.78, 5) is 14.4. The van der Waals surface area contributed by atoms with Gasteiger partial charge in [-0.3, -0.25) is 9.69 Å². The van der Waals surface area contributed by atoms with Crippen LogP contribution in [0, 0.1) is 0 Å². The number of ether oxygens (including phenoxy) is 2. The van der Waals surface area contributed by atoms with Gasteiger partial charge in [0.15, 0.2) is 0 Å². The van der Waals surface area contributed by atoms with Crippen molar-refractivity contribution in [2.45, 2.75) is 18.0 Å². The SMILES string of the molecule is CNC(=O)c1cc(S(=O)(=O)NCc2cccc(CN3CCOCC3)c2)ccc1OC. The normalized spacial score (nSPS) is 15.0. The summed E-state index contributed by atoms with van der Waals surface area (Å²) in [6.45, 7) is 4.21. The van der Waals surface area contributed by atoms with Crippen LogP contribution in [0.5, 0.6) is 5.75 Å². The lowest BCUT2D eigenvalue weighted by molar-refractivity contribution is 0.0342. The number of benzene rings is 2. The van der Waals surface area contributed by atoms with E-state index in [2.05, 4.69) is 14.9 Å². The third kappa shape index (κ3) is 5.57. The summed E-state index contributed by atoms with van der Waals surface area (Å²) >= 11 is 0. The maximum atomic E-state index is 12.8. The number of carbonyl (C=O) groups excluding carboxylic acids is 1. The summed E-state index contributed by atoms with van der Waals surface area (Å²) in [7, 11) is -0.894. The molecule has 0 spiro atoms. The van der Waals surface area contributed by atoms with E-state index in [1.165, 1.54) is 32.4 Å². The van der Waals surface area contributed by atoms with Gasteiger partial charge >= 0.3 is 0 Å². The monoisotopic (exact) mass is 433 g/mol. The molecule has 0 radical (unpaired) electrons. The molecule has 9 heteroatoms. The number of amides is 1. The van der Waals surface area contributed by atoms with E-state index in [4.69, 9.17) is 9.47 Å². The Labute approximate surface area is 177 Å². The first-order valence-corrected chi connectivity index (χ1v) is 11.2. The molecule has 3 rings (SSSR count). The molecule has 0 aromatic heterocycles. The average Bonchev–Trinajstić information content (AvgIpc) is 2.77. The zero-order valence-electron chi connectivity index (χ0n) is 17.2. The molecule has 2 aromatic rings. The second-order valence-corrected chi connectivity index (χ2v) is 8.74. The van der Waals surface area contributed by atoms with E-state index < -0.39 is 15.9 Å². The highest BCUT2D eigenvalue weighted by Crippen LogP contribution is 2.22. The van der Waals surface area contributed by atoms with Crippen LogP contribution in [0.1, 0.15) is 21.5 Å². The van der Waals surface area contributed by atoms with Gasteiger partial charge in [0.25, 0.3) is 5.91 Å². The molecule has 30 heavy (non-hydrogen) atoms. The van der Waals surface area contributed by atoms with Crippen molar-refractivity contribution in [3.05, 3.63) is 59.2 Å². The van der Waals surface area contributed by atoms with Gasteiger partial charge in [0, 0.05) is 33.2 Å². The van der Waals surface area contributed by atoms with E-state index in [1.807, 2.05) is 24.3 Å². The number of rotatable bonds is 8. The fourth-order valence-electron chi connectivity index (χ4n) is 3.28. The minimum atomic E-state index is -3.80. The van der Waals surface area contributed by atoms with Crippen LogP contribution >= 0.6 is 0 Å². The lowest BCUT2D eigenvalue weighted by Crippen LogP contribution is -2.35. The molecule has 2 aromatic carbocycles. The number of hydrogen-bond acceptors (Lipinski definition) is 6. The molecule has 0 atom stereocenters. The molecule has 1 amide bonds. The molecule has 1 saturated heterocycles. The van der Waals surface area contributed by atoms with Crippen molar-refractivity contribution < 1.29 is 22.7 Å². The predicted octanol–water partition coefficient (Wildman–Crippen LogP) is 1.37. The molecule has 1 aliphatic rings. The molecular formula is C21H27N3O5S. The molecule has 0 unspecified atom stereocenters. The van der Waals surface area contributed by atoms with Crippen molar-refractivity contribution in [3.8, 4) is 5.75 Å². The second kappa shape index (κ2) is 10.0. The molecule has 8 nitrogen and oxygen atoms in total. The maximum absolute atomic E-state index is 12.8. The minimum Gasteiger partial charge on any atom is -0.496 e. The summed E-state index contributed by atoms with van der Waals surface area (Å²) < 4.78 is 38.7. The standard InChI is InChI=1S/C21H27N3O5S/c1-22-21(25)19-13-18(6-7-20(19)28-2)30(26,27)23-14-16-4-3-5-17(12-16)15-24-8-10-29-11-9-24/h3-7,12-13,23H,8-11,14-15H2,1-2H3,(H,22,25). The molecule has 0 bridgehead atoms. The third-order valence-corrected chi connectivity index (χ3v) is 6.32. The van der Waals surface area contributed by atoms with E-state index in [0.717, 1.165) is 44.0 Å². The Balaban J connectivity index is 1.70. The number of carbonyl (C=O) groups is 1. The summed E-state index contributed by atoms with van der Waals surface area (Å²) in [5.41, 5.74) is 2.15. The molecule has 162 valence electrons. The van der Waals surface area contributed by atoms with Gasteiger partial charge in [0.05, 0.1) is 30.8 Å². The van der Waals surface area contributed by atoms with Crippen LogP contribution in [0.25, 0.3) is 0 Å². The van der Waals surface area contributed by atoms with Gasteiger partial charge in [0.1, 0.15) is 5.75 Å². The number of morpholine rings is 1. The van der Waals surface area contributed by atoms with Gasteiger partial charge in [-0.05, 0) is 29.3 Å². The topological polar surface area (TPSA) is 97.0 Å². The number of methoxy groups -OCH3 is 1. The van der Waals surface area contributed by atoms with Crippen molar-refractivity contribution in [2.24, 2.45) is 0 Å². The van der Waals surface area contributed by atoms with Gasteiger partial charge in [-0.15, -0.1) is 0 Å². The number of nitrogens with one attached hydrogen (secondary N) is 2. The second-order valence-electron chi connectivity index (χ2n) is 6.97. The van der Waals surface area contributed by atoms with E-state index >= 15 is 0 Å². The zero-order valence-corrected chi connectivity index (χ0v) is 18.0. The first-order valence-electron chi connectivity index (χ1n) is 9.70. The fraction of sp³-hybridized carbons (Fsp3) is 0.381. The van der Waals surface area contributed by atoms with Crippen LogP contribution in [0.2, 0.25) is 0 Å². The molecule has 0 aliphatic carbocycles. The quantitative estimate of drug-likeness (QED) is 0.653. The Kier molecular flexibility index (Phi) is 7.43. The summed E-state index contributed by atoms with van der Waals surface area (Å²) in [6.07, 6.45) is 0. The van der Waals surface area contributed by atoms with Gasteiger partial charge < -0.3 is 14.8 Å². The summed E-state index contributed by atoms with van der Waals surface area (Å²) in [5, 5.41) is 2.49. The zero-order chi connectivity index (χ0) is 21.6. The Morgan fingerprint density at radius 3 is 2.57 bits per heavy atom. The van der Waals surface area contributed by atoms with Crippen LogP contribution in [-0.2, 0) is 27.8 Å². The highest BCUT2D eigenvalue weighted by atomic mass is 32.2. The summed E-state index contributed by atoms with van der Waals surface area (Å²) in [6, 6.07) is 12.1. The Morgan fingerprint density at radius 1 is 1.13 bits per heavy atom. The molecule has 0 saturated carbocycles. The van der Waals surface area contributed by atoms with Crippen molar-refractivity contribution in [1.82, 2.24) is 14.9 Å². The first kappa shape index (κ1) is 22.2.